The normalized spacial score (nSPS) is 17.0. The van der Waals surface area contributed by atoms with Crippen LogP contribution in [-0.2, 0) is 14.8 Å². The van der Waals surface area contributed by atoms with Crippen molar-refractivity contribution in [3.05, 3.63) is 53.1 Å². The van der Waals surface area contributed by atoms with Crippen LogP contribution in [0.15, 0.2) is 41.3 Å². The highest BCUT2D eigenvalue weighted by Crippen LogP contribution is 2.33. The van der Waals surface area contributed by atoms with Gasteiger partial charge in [0.2, 0.25) is 10.0 Å². The summed E-state index contributed by atoms with van der Waals surface area (Å²) in [5.74, 6) is -0.171. The summed E-state index contributed by atoms with van der Waals surface area (Å²) in [6.07, 6.45) is 2.60. The quantitative estimate of drug-likeness (QED) is 0.406. The first-order valence-corrected chi connectivity index (χ1v) is 15.1. The third-order valence-corrected chi connectivity index (χ3v) is 10.0. The van der Waals surface area contributed by atoms with Crippen LogP contribution in [0.25, 0.3) is 10.2 Å². The molecule has 1 aliphatic carbocycles. The van der Waals surface area contributed by atoms with Crippen molar-refractivity contribution >= 4 is 42.6 Å². The number of anilines is 1. The van der Waals surface area contributed by atoms with Gasteiger partial charge in [-0.2, -0.15) is 4.31 Å². The van der Waals surface area contributed by atoms with E-state index in [0.717, 1.165) is 67.9 Å². The second-order valence-electron chi connectivity index (χ2n) is 9.97. The maximum atomic E-state index is 13.8. The van der Waals surface area contributed by atoms with E-state index in [9.17, 15) is 13.2 Å². The van der Waals surface area contributed by atoms with E-state index in [2.05, 4.69) is 24.0 Å². The van der Waals surface area contributed by atoms with Crippen LogP contribution in [0.2, 0.25) is 0 Å². The largest absolute Gasteiger partial charge is 0.379 e. The number of carbonyl (C=O) groups is 1. The van der Waals surface area contributed by atoms with E-state index in [1.165, 1.54) is 21.2 Å². The molecule has 0 N–H and O–H groups in total. The predicted octanol–water partition coefficient (Wildman–Crippen LogP) is 4.07. The Kier molecular flexibility index (Phi) is 7.65. The number of fused-ring (bicyclic) bond motifs is 1. The van der Waals surface area contributed by atoms with Crippen molar-refractivity contribution in [2.45, 2.75) is 44.0 Å². The van der Waals surface area contributed by atoms with E-state index in [4.69, 9.17) is 9.72 Å². The number of aromatic nitrogens is 1. The van der Waals surface area contributed by atoms with Gasteiger partial charge < -0.3 is 4.74 Å². The molecule has 2 heterocycles. The van der Waals surface area contributed by atoms with Crippen LogP contribution in [0.3, 0.4) is 0 Å². The van der Waals surface area contributed by atoms with Crippen molar-refractivity contribution in [3.8, 4) is 0 Å². The number of carbonyl (C=O) groups excluding carboxylic acids is 1. The first-order valence-electron chi connectivity index (χ1n) is 12.8. The van der Waals surface area contributed by atoms with Gasteiger partial charge in [-0.1, -0.05) is 17.4 Å². The molecule has 2 aliphatic rings. The molecule has 8 nitrogen and oxygen atoms in total. The van der Waals surface area contributed by atoms with Crippen molar-refractivity contribution in [1.82, 2.24) is 14.2 Å². The van der Waals surface area contributed by atoms with E-state index >= 15 is 0 Å². The van der Waals surface area contributed by atoms with Crippen LogP contribution >= 0.6 is 11.3 Å². The maximum absolute atomic E-state index is 13.8. The zero-order chi connectivity index (χ0) is 26.2. The summed E-state index contributed by atoms with van der Waals surface area (Å²) in [6, 6.07) is 10.6. The molecule has 0 spiro atoms. The Morgan fingerprint density at radius 1 is 1.14 bits per heavy atom. The van der Waals surface area contributed by atoms with Gasteiger partial charge in [-0.15, -0.1) is 0 Å². The van der Waals surface area contributed by atoms with Gasteiger partial charge >= 0.3 is 0 Å². The lowest BCUT2D eigenvalue weighted by Crippen LogP contribution is -2.39. The van der Waals surface area contributed by atoms with Gasteiger partial charge in [0.15, 0.2) is 5.13 Å². The molecule has 1 amide bonds. The molecular formula is C27H34N4O4S2. The number of sulfonamides is 1. The number of ether oxygens (including phenoxy) is 1. The Morgan fingerprint density at radius 2 is 1.84 bits per heavy atom. The van der Waals surface area contributed by atoms with Gasteiger partial charge in [0, 0.05) is 44.8 Å². The van der Waals surface area contributed by atoms with E-state index in [1.54, 1.807) is 36.2 Å². The van der Waals surface area contributed by atoms with Crippen molar-refractivity contribution in [1.29, 1.82) is 0 Å². The zero-order valence-electron chi connectivity index (χ0n) is 21.6. The number of hydrogen-bond acceptors (Lipinski definition) is 7. The van der Waals surface area contributed by atoms with Crippen LogP contribution in [0, 0.1) is 13.8 Å². The molecule has 3 aromatic rings. The molecule has 1 aliphatic heterocycles. The van der Waals surface area contributed by atoms with Crippen molar-refractivity contribution < 1.29 is 17.9 Å². The van der Waals surface area contributed by atoms with Gasteiger partial charge in [-0.05, 0) is 74.6 Å². The monoisotopic (exact) mass is 542 g/mol. The molecule has 5 rings (SSSR count). The lowest BCUT2D eigenvalue weighted by atomic mass is 10.1. The Bertz CT molecular complexity index is 1380. The Labute approximate surface area is 222 Å². The molecule has 2 aromatic carbocycles. The average Bonchev–Trinajstić information content (AvgIpc) is 3.65. The molecule has 198 valence electrons. The van der Waals surface area contributed by atoms with E-state index in [1.807, 2.05) is 6.92 Å². The van der Waals surface area contributed by atoms with Crippen molar-refractivity contribution in [2.75, 3.05) is 51.3 Å². The average molecular weight is 543 g/mol. The number of thiazole rings is 1. The van der Waals surface area contributed by atoms with Gasteiger partial charge in [0.25, 0.3) is 5.91 Å². The maximum Gasteiger partial charge on any atom is 0.260 e. The summed E-state index contributed by atoms with van der Waals surface area (Å²) < 4.78 is 33.8. The molecule has 0 unspecified atom stereocenters. The molecular weight excluding hydrogens is 508 g/mol. The van der Waals surface area contributed by atoms with E-state index in [0.29, 0.717) is 17.2 Å². The second-order valence-corrected chi connectivity index (χ2v) is 13.0. The summed E-state index contributed by atoms with van der Waals surface area (Å²) >= 11 is 1.52. The molecule has 0 atom stereocenters. The number of morpholine rings is 1. The van der Waals surface area contributed by atoms with Crippen molar-refractivity contribution in [3.63, 3.8) is 0 Å². The van der Waals surface area contributed by atoms with E-state index in [-0.39, 0.29) is 16.8 Å². The van der Waals surface area contributed by atoms with Gasteiger partial charge in [0.05, 0.1) is 28.3 Å². The SMILES string of the molecule is Cc1cc(C)c2nc(N(CCCN3CCOCC3)C(=O)c3ccc(S(=O)(=O)N(C)C4CC4)cc3)sc2c1. The molecule has 1 aromatic heterocycles. The molecule has 1 saturated heterocycles. The summed E-state index contributed by atoms with van der Waals surface area (Å²) in [5, 5.41) is 0.667. The summed E-state index contributed by atoms with van der Waals surface area (Å²) in [4.78, 5) is 22.9. The minimum Gasteiger partial charge on any atom is -0.379 e. The lowest BCUT2D eigenvalue weighted by molar-refractivity contribution is 0.0376. The highest BCUT2D eigenvalue weighted by Gasteiger charge is 2.35. The fourth-order valence-electron chi connectivity index (χ4n) is 4.76. The third-order valence-electron chi connectivity index (χ3n) is 7.09. The minimum absolute atomic E-state index is 0.0828. The summed E-state index contributed by atoms with van der Waals surface area (Å²) in [7, 11) is -1.94. The lowest BCUT2D eigenvalue weighted by Gasteiger charge is -2.27. The smallest absolute Gasteiger partial charge is 0.260 e. The number of aryl methyl sites for hydroxylation is 2. The fraction of sp³-hybridized carbons (Fsp3) is 0.481. The molecule has 1 saturated carbocycles. The topological polar surface area (TPSA) is 83.0 Å². The Hall–Kier alpha value is -2.37. The van der Waals surface area contributed by atoms with Crippen LogP contribution in [0.5, 0.6) is 0 Å². The van der Waals surface area contributed by atoms with Gasteiger partial charge in [-0.3, -0.25) is 14.6 Å². The predicted molar refractivity (Wildman–Crippen MR) is 147 cm³/mol. The first kappa shape index (κ1) is 26.2. The van der Waals surface area contributed by atoms with E-state index < -0.39 is 10.0 Å². The molecule has 0 radical (unpaired) electrons. The van der Waals surface area contributed by atoms with Crippen LogP contribution in [0.1, 0.15) is 40.7 Å². The van der Waals surface area contributed by atoms with Gasteiger partial charge in [0.1, 0.15) is 0 Å². The zero-order valence-corrected chi connectivity index (χ0v) is 23.3. The summed E-state index contributed by atoms with van der Waals surface area (Å²) in [6.45, 7) is 8.79. The first-order chi connectivity index (χ1) is 17.7. The highest BCUT2D eigenvalue weighted by atomic mass is 32.2. The number of amides is 1. The highest BCUT2D eigenvalue weighted by molar-refractivity contribution is 7.89. The molecule has 0 bridgehead atoms. The number of benzene rings is 2. The summed E-state index contributed by atoms with van der Waals surface area (Å²) in [5.41, 5.74) is 3.62. The standard InChI is InChI=1S/C27H34N4O4S2/c1-19-17-20(2)25-24(18-19)36-27(28-25)31(12-4-11-30-13-15-35-16-14-30)26(32)21-5-9-23(10-6-21)37(33,34)29(3)22-7-8-22/h5-6,9-10,17-18,22H,4,7-8,11-16H2,1-3H3. The van der Waals surface area contributed by atoms with Crippen LogP contribution in [-0.4, -0.2) is 81.0 Å². The fourth-order valence-corrected chi connectivity index (χ4v) is 7.34. The molecule has 10 heteroatoms. The third kappa shape index (κ3) is 5.73. The number of nitrogens with zero attached hydrogens (tertiary/aromatic N) is 4. The molecule has 37 heavy (non-hydrogen) atoms. The number of hydrogen-bond donors (Lipinski definition) is 0. The number of rotatable bonds is 9. The van der Waals surface area contributed by atoms with Gasteiger partial charge in [-0.25, -0.2) is 13.4 Å². The Balaban J connectivity index is 1.40. The Morgan fingerprint density at radius 3 is 2.51 bits per heavy atom. The van der Waals surface area contributed by atoms with Crippen LogP contribution < -0.4 is 4.90 Å². The van der Waals surface area contributed by atoms with Crippen molar-refractivity contribution in [2.24, 2.45) is 0 Å². The molecule has 2 fully saturated rings. The van der Waals surface area contributed by atoms with Crippen LogP contribution in [0.4, 0.5) is 5.13 Å². The second kappa shape index (κ2) is 10.8. The minimum atomic E-state index is -3.56.